The fourth-order valence-corrected chi connectivity index (χ4v) is 6.13. The summed E-state index contributed by atoms with van der Waals surface area (Å²) in [6.07, 6.45) is 3.65. The van der Waals surface area contributed by atoms with Crippen LogP contribution < -0.4 is 10.6 Å². The van der Waals surface area contributed by atoms with E-state index in [1.165, 1.54) is 5.56 Å². The van der Waals surface area contributed by atoms with Crippen LogP contribution in [0.2, 0.25) is 0 Å². The van der Waals surface area contributed by atoms with E-state index in [0.29, 0.717) is 39.3 Å². The summed E-state index contributed by atoms with van der Waals surface area (Å²) in [6, 6.07) is 18.5. The van der Waals surface area contributed by atoms with Crippen molar-refractivity contribution >= 4 is 62.5 Å². The number of aromatic nitrogens is 4. The largest absolute Gasteiger partial charge is 0.445 e. The van der Waals surface area contributed by atoms with E-state index in [1.807, 2.05) is 41.2 Å². The number of carbonyl (C=O) groups excluding carboxylic acids is 1. The average molecular weight is 616 g/mol. The molecule has 2 aromatic carbocycles. The average Bonchev–Trinajstić information content (AvgIpc) is 3.76. The molecule has 2 atom stereocenters. The first kappa shape index (κ1) is 28.9. The topological polar surface area (TPSA) is 106 Å². The summed E-state index contributed by atoms with van der Waals surface area (Å²) in [4.78, 5) is 24.0. The fraction of sp³-hybridized carbons (Fsp3) is 0.290. The van der Waals surface area contributed by atoms with Crippen molar-refractivity contribution in [2.45, 2.75) is 25.1 Å². The third-order valence-corrected chi connectivity index (χ3v) is 8.43. The van der Waals surface area contributed by atoms with Crippen LogP contribution in [0.3, 0.4) is 0 Å². The third kappa shape index (κ3) is 6.58. The first-order chi connectivity index (χ1) is 20.7. The van der Waals surface area contributed by atoms with Gasteiger partial charge in [0.1, 0.15) is 12.4 Å². The van der Waals surface area contributed by atoms with Crippen LogP contribution in [-0.4, -0.2) is 75.7 Å². The van der Waals surface area contributed by atoms with Crippen molar-refractivity contribution in [3.05, 3.63) is 77.6 Å². The van der Waals surface area contributed by atoms with Gasteiger partial charge in [0.15, 0.2) is 5.82 Å². The predicted molar refractivity (Wildman–Crippen MR) is 169 cm³/mol. The summed E-state index contributed by atoms with van der Waals surface area (Å²) in [6.45, 7) is 3.57. The number of amides is 1. The van der Waals surface area contributed by atoms with Crippen LogP contribution in [0.1, 0.15) is 16.9 Å². The fourth-order valence-electron chi connectivity index (χ4n) is 5.21. The number of hydrogen-bond acceptors (Lipinski definition) is 9. The second-order valence-corrected chi connectivity index (χ2v) is 11.4. The summed E-state index contributed by atoms with van der Waals surface area (Å²) < 4.78 is 13.9. The Balaban J connectivity index is 0.00000329. The van der Waals surface area contributed by atoms with Crippen LogP contribution in [0.4, 0.5) is 16.3 Å². The van der Waals surface area contributed by atoms with Crippen molar-refractivity contribution in [2.24, 2.45) is 0 Å². The molecule has 12 heteroatoms. The Morgan fingerprint density at radius 1 is 1.14 bits per heavy atom. The number of thiophene rings is 1. The second-order valence-electron chi connectivity index (χ2n) is 10.3. The number of morpholine rings is 1. The zero-order valence-corrected chi connectivity index (χ0v) is 24.9. The number of rotatable bonds is 5. The zero-order chi connectivity index (χ0) is 28.3. The highest BCUT2D eigenvalue weighted by molar-refractivity contribution is 7.20. The summed E-state index contributed by atoms with van der Waals surface area (Å²) >= 11 is 1.56. The van der Waals surface area contributed by atoms with Crippen molar-refractivity contribution in [2.75, 3.05) is 38.2 Å². The maximum Gasteiger partial charge on any atom is 0.410 e. The van der Waals surface area contributed by atoms with E-state index in [1.54, 1.807) is 22.6 Å². The molecule has 1 amide bonds. The Bertz CT molecular complexity index is 1790. The molecule has 0 spiro atoms. The quantitative estimate of drug-likeness (QED) is 0.272. The Kier molecular flexibility index (Phi) is 8.72. The molecule has 5 aromatic rings. The number of fused-ring (bicyclic) bond motifs is 2. The molecule has 2 aliphatic heterocycles. The number of nitrogens with one attached hydrogen (secondary N) is 2. The van der Waals surface area contributed by atoms with E-state index < -0.39 is 0 Å². The molecule has 0 bridgehead atoms. The lowest BCUT2D eigenvalue weighted by atomic mass is 10.2. The van der Waals surface area contributed by atoms with Gasteiger partial charge < -0.3 is 19.7 Å². The van der Waals surface area contributed by atoms with E-state index in [2.05, 4.69) is 61.8 Å². The molecule has 2 N–H and O–H groups in total. The van der Waals surface area contributed by atoms with Crippen molar-refractivity contribution in [3.63, 3.8) is 0 Å². The van der Waals surface area contributed by atoms with Gasteiger partial charge in [0.25, 0.3) is 0 Å². The van der Waals surface area contributed by atoms with Crippen LogP contribution in [0.15, 0.2) is 67.1 Å². The molecule has 2 fully saturated rings. The van der Waals surface area contributed by atoms with Gasteiger partial charge in [0.05, 0.1) is 52.6 Å². The molecule has 2 aliphatic rings. The molecule has 0 saturated carbocycles. The SMILES string of the molecule is Cl.O=C(O[C@@H]1CN[C@H](C#Cc2cc3ncnc(Nc4ccc5c(cnn5Cc5ccccc5)c4)c3s2)C1)N1CCOCC1. The molecule has 43 heavy (non-hydrogen) atoms. The highest BCUT2D eigenvalue weighted by Gasteiger charge is 2.28. The minimum atomic E-state index is -0.276. The molecule has 0 aliphatic carbocycles. The van der Waals surface area contributed by atoms with Gasteiger partial charge in [0.2, 0.25) is 0 Å². The van der Waals surface area contributed by atoms with Gasteiger partial charge in [-0.25, -0.2) is 14.8 Å². The zero-order valence-electron chi connectivity index (χ0n) is 23.2. The van der Waals surface area contributed by atoms with Gasteiger partial charge in [-0.1, -0.05) is 42.2 Å². The van der Waals surface area contributed by atoms with Crippen LogP contribution in [-0.2, 0) is 16.0 Å². The van der Waals surface area contributed by atoms with E-state index in [0.717, 1.165) is 44.0 Å². The number of halogens is 1. The standard InChI is InChI=1S/C31H29N7O3S.ClH/c39-31(37-10-12-40-13-11-37)41-25-15-23(32-18-25)6-8-26-16-27-29(42-26)30(34-20-33-27)36-24-7-9-28-22(14-24)17-35-38(28)19-21-4-2-1-3-5-21;/h1-5,7,9,14,16-17,20,23,25,32H,10-13,15,18-19H2,(H,33,34,36);1H/t23-,25+;/m1./s1. The Morgan fingerprint density at radius 2 is 2.00 bits per heavy atom. The molecule has 7 rings (SSSR count). The second kappa shape index (κ2) is 13.0. The third-order valence-electron chi connectivity index (χ3n) is 7.39. The highest BCUT2D eigenvalue weighted by atomic mass is 35.5. The molecule has 0 unspecified atom stereocenters. The van der Waals surface area contributed by atoms with E-state index >= 15 is 0 Å². The maximum atomic E-state index is 12.4. The van der Waals surface area contributed by atoms with Gasteiger partial charge in [-0.15, -0.1) is 23.7 Å². The summed E-state index contributed by atoms with van der Waals surface area (Å²) in [7, 11) is 0. The molecular formula is C31H30ClN7O3S. The number of nitrogens with zero attached hydrogens (tertiary/aromatic N) is 5. The molecule has 220 valence electrons. The lowest BCUT2D eigenvalue weighted by molar-refractivity contribution is 0.0156. The summed E-state index contributed by atoms with van der Waals surface area (Å²) in [5.74, 6) is 7.32. The van der Waals surface area contributed by atoms with Crippen molar-refractivity contribution in [1.29, 1.82) is 0 Å². The lowest BCUT2D eigenvalue weighted by Gasteiger charge is -2.27. The predicted octanol–water partition coefficient (Wildman–Crippen LogP) is 4.81. The van der Waals surface area contributed by atoms with Gasteiger partial charge in [-0.05, 0) is 29.8 Å². The van der Waals surface area contributed by atoms with E-state index in [-0.39, 0.29) is 30.6 Å². The normalized spacial score (nSPS) is 18.2. The van der Waals surface area contributed by atoms with Crippen LogP contribution >= 0.6 is 23.7 Å². The summed E-state index contributed by atoms with van der Waals surface area (Å²) in [5, 5.41) is 12.5. The Labute approximate surface area is 258 Å². The number of benzene rings is 2. The van der Waals surface area contributed by atoms with E-state index in [4.69, 9.17) is 9.47 Å². The molecule has 0 radical (unpaired) electrons. The minimum absolute atomic E-state index is 0. The Morgan fingerprint density at radius 3 is 2.86 bits per heavy atom. The molecule has 5 heterocycles. The van der Waals surface area contributed by atoms with Crippen LogP contribution in [0, 0.1) is 11.8 Å². The molecular weight excluding hydrogens is 586 g/mol. The van der Waals surface area contributed by atoms with Crippen LogP contribution in [0.25, 0.3) is 21.1 Å². The lowest BCUT2D eigenvalue weighted by Crippen LogP contribution is -2.42. The van der Waals surface area contributed by atoms with Gasteiger partial charge in [-0.3, -0.25) is 10.00 Å². The van der Waals surface area contributed by atoms with Crippen LogP contribution in [0.5, 0.6) is 0 Å². The van der Waals surface area contributed by atoms with Gasteiger partial charge >= 0.3 is 6.09 Å². The summed E-state index contributed by atoms with van der Waals surface area (Å²) in [5.41, 5.74) is 4.05. The maximum absolute atomic E-state index is 12.4. The number of ether oxygens (including phenoxy) is 2. The number of carbonyl (C=O) groups is 1. The van der Waals surface area contributed by atoms with E-state index in [9.17, 15) is 4.79 Å². The van der Waals surface area contributed by atoms with Crippen molar-refractivity contribution in [1.82, 2.24) is 30.0 Å². The minimum Gasteiger partial charge on any atom is -0.445 e. The Hall–Kier alpha value is -4.21. The van der Waals surface area contributed by atoms with Crippen molar-refractivity contribution in [3.8, 4) is 11.8 Å². The van der Waals surface area contributed by atoms with Gasteiger partial charge in [0, 0.05) is 37.1 Å². The molecule has 2 saturated heterocycles. The smallest absolute Gasteiger partial charge is 0.410 e. The molecule has 3 aromatic heterocycles. The highest BCUT2D eigenvalue weighted by Crippen LogP contribution is 2.31. The monoisotopic (exact) mass is 615 g/mol. The number of anilines is 2. The van der Waals surface area contributed by atoms with Crippen molar-refractivity contribution < 1.29 is 14.3 Å². The van der Waals surface area contributed by atoms with Gasteiger partial charge in [-0.2, -0.15) is 5.10 Å². The molecule has 10 nitrogen and oxygen atoms in total. The number of hydrogen-bond donors (Lipinski definition) is 2. The first-order valence-corrected chi connectivity index (χ1v) is 14.8. The first-order valence-electron chi connectivity index (χ1n) is 14.0.